The second kappa shape index (κ2) is 7.09. The minimum atomic E-state index is -0.134. The molecule has 0 spiro atoms. The Kier molecular flexibility index (Phi) is 4.91. The highest BCUT2D eigenvalue weighted by molar-refractivity contribution is 7.12. The maximum absolute atomic E-state index is 12.6. The quantitative estimate of drug-likeness (QED) is 0.852. The molecule has 1 aromatic carbocycles. The van der Waals surface area contributed by atoms with Crippen LogP contribution in [-0.4, -0.2) is 17.7 Å². The van der Waals surface area contributed by atoms with E-state index in [0.29, 0.717) is 16.0 Å². The van der Waals surface area contributed by atoms with E-state index < -0.39 is 0 Å². The first-order valence-electron chi connectivity index (χ1n) is 8.13. The Morgan fingerprint density at radius 3 is 2.35 bits per heavy atom. The molecular weight excluding hydrogens is 306 g/mol. The van der Waals surface area contributed by atoms with Crippen LogP contribution in [0.5, 0.6) is 0 Å². The SMILES string of the molecule is CC1CCC(NC(=O)c2ccccc2C(=O)c2cccs2)CC1. The molecule has 0 unspecified atom stereocenters. The molecule has 3 nitrogen and oxygen atoms in total. The fourth-order valence-electron chi connectivity index (χ4n) is 3.09. The van der Waals surface area contributed by atoms with Crippen LogP contribution in [0.1, 0.15) is 58.2 Å². The summed E-state index contributed by atoms with van der Waals surface area (Å²) in [6.07, 6.45) is 4.35. The van der Waals surface area contributed by atoms with E-state index in [-0.39, 0.29) is 17.7 Å². The van der Waals surface area contributed by atoms with Crippen molar-refractivity contribution in [2.24, 2.45) is 5.92 Å². The van der Waals surface area contributed by atoms with Crippen molar-refractivity contribution < 1.29 is 9.59 Å². The molecule has 1 fully saturated rings. The van der Waals surface area contributed by atoms with Gasteiger partial charge in [-0.25, -0.2) is 0 Å². The highest BCUT2D eigenvalue weighted by Crippen LogP contribution is 2.24. The van der Waals surface area contributed by atoms with Crippen LogP contribution >= 0.6 is 11.3 Å². The Labute approximate surface area is 140 Å². The number of hydrogen-bond donors (Lipinski definition) is 1. The van der Waals surface area contributed by atoms with E-state index in [2.05, 4.69) is 12.2 Å². The van der Waals surface area contributed by atoms with Gasteiger partial charge >= 0.3 is 0 Å². The van der Waals surface area contributed by atoms with Gasteiger partial charge in [0.2, 0.25) is 5.78 Å². The Hall–Kier alpha value is -1.94. The minimum Gasteiger partial charge on any atom is -0.349 e. The Bertz CT molecular complexity index is 685. The van der Waals surface area contributed by atoms with Crippen molar-refractivity contribution in [3.63, 3.8) is 0 Å². The lowest BCUT2D eigenvalue weighted by Gasteiger charge is -2.27. The van der Waals surface area contributed by atoms with Crippen LogP contribution in [0.4, 0.5) is 0 Å². The van der Waals surface area contributed by atoms with Gasteiger partial charge in [0, 0.05) is 11.6 Å². The molecule has 1 amide bonds. The number of carbonyl (C=O) groups is 2. The summed E-state index contributed by atoms with van der Waals surface area (Å²) in [5.41, 5.74) is 0.959. The fourth-order valence-corrected chi connectivity index (χ4v) is 3.77. The van der Waals surface area contributed by atoms with E-state index in [0.717, 1.165) is 31.6 Å². The summed E-state index contributed by atoms with van der Waals surface area (Å²) in [6.45, 7) is 2.26. The number of nitrogens with one attached hydrogen (secondary N) is 1. The van der Waals surface area contributed by atoms with E-state index in [1.54, 1.807) is 24.3 Å². The van der Waals surface area contributed by atoms with E-state index >= 15 is 0 Å². The number of rotatable bonds is 4. The Morgan fingerprint density at radius 2 is 1.70 bits per heavy atom. The number of hydrogen-bond acceptors (Lipinski definition) is 3. The van der Waals surface area contributed by atoms with E-state index in [4.69, 9.17) is 0 Å². The van der Waals surface area contributed by atoms with Crippen molar-refractivity contribution in [2.45, 2.75) is 38.6 Å². The highest BCUT2D eigenvalue weighted by Gasteiger charge is 2.23. The van der Waals surface area contributed by atoms with Gasteiger partial charge in [-0.3, -0.25) is 9.59 Å². The average Bonchev–Trinajstić information content (AvgIpc) is 3.11. The molecule has 0 atom stereocenters. The van der Waals surface area contributed by atoms with Gasteiger partial charge in [-0.1, -0.05) is 31.2 Å². The monoisotopic (exact) mass is 327 g/mol. The summed E-state index contributed by atoms with van der Waals surface area (Å²) in [4.78, 5) is 25.9. The van der Waals surface area contributed by atoms with Crippen molar-refractivity contribution in [1.29, 1.82) is 0 Å². The molecule has 120 valence electrons. The molecule has 3 rings (SSSR count). The predicted molar refractivity (Wildman–Crippen MR) is 93.1 cm³/mol. The standard InChI is InChI=1S/C19H21NO2S/c1-13-8-10-14(11-9-13)20-19(22)16-6-3-2-5-15(16)18(21)17-7-4-12-23-17/h2-7,12-14H,8-11H2,1H3,(H,20,22). The summed E-state index contributed by atoms with van der Waals surface area (Å²) < 4.78 is 0. The molecule has 2 aromatic rings. The Balaban J connectivity index is 1.77. The van der Waals surface area contributed by atoms with Crippen LogP contribution < -0.4 is 5.32 Å². The lowest BCUT2D eigenvalue weighted by molar-refractivity contribution is 0.0914. The summed E-state index contributed by atoms with van der Waals surface area (Å²) in [5.74, 6) is 0.531. The molecule has 0 aliphatic heterocycles. The number of amides is 1. The molecule has 1 aliphatic rings. The summed E-state index contributed by atoms with van der Waals surface area (Å²) in [6, 6.07) is 11.0. The summed E-state index contributed by atoms with van der Waals surface area (Å²) in [5, 5.41) is 4.98. The predicted octanol–water partition coefficient (Wildman–Crippen LogP) is 4.29. The van der Waals surface area contributed by atoms with Crippen molar-refractivity contribution in [1.82, 2.24) is 5.32 Å². The van der Waals surface area contributed by atoms with Gasteiger partial charge in [-0.2, -0.15) is 0 Å². The van der Waals surface area contributed by atoms with E-state index in [1.165, 1.54) is 11.3 Å². The zero-order valence-electron chi connectivity index (χ0n) is 13.2. The number of carbonyl (C=O) groups excluding carboxylic acids is 2. The fraction of sp³-hybridized carbons (Fsp3) is 0.368. The van der Waals surface area contributed by atoms with Gasteiger partial charge in [0.15, 0.2) is 0 Å². The first-order chi connectivity index (χ1) is 11.1. The maximum Gasteiger partial charge on any atom is 0.252 e. The molecule has 1 saturated carbocycles. The molecule has 0 bridgehead atoms. The number of ketones is 1. The highest BCUT2D eigenvalue weighted by atomic mass is 32.1. The molecule has 1 aliphatic carbocycles. The molecule has 1 N–H and O–H groups in total. The molecule has 0 saturated heterocycles. The van der Waals surface area contributed by atoms with Crippen LogP contribution in [0, 0.1) is 5.92 Å². The molecule has 4 heteroatoms. The lowest BCUT2D eigenvalue weighted by atomic mass is 9.87. The average molecular weight is 327 g/mol. The second-order valence-electron chi connectivity index (χ2n) is 6.28. The van der Waals surface area contributed by atoms with Gasteiger partial charge in [0.25, 0.3) is 5.91 Å². The third kappa shape index (κ3) is 3.70. The van der Waals surface area contributed by atoms with Gasteiger partial charge in [0.1, 0.15) is 0 Å². The molecule has 1 heterocycles. The second-order valence-corrected chi connectivity index (χ2v) is 7.23. The van der Waals surface area contributed by atoms with E-state index in [9.17, 15) is 9.59 Å². The molecular formula is C19H21NO2S. The molecule has 0 radical (unpaired) electrons. The van der Waals surface area contributed by atoms with Crippen molar-refractivity contribution in [3.8, 4) is 0 Å². The van der Waals surface area contributed by atoms with Crippen molar-refractivity contribution >= 4 is 23.0 Å². The lowest BCUT2D eigenvalue weighted by Crippen LogP contribution is -2.38. The summed E-state index contributed by atoms with van der Waals surface area (Å²) >= 11 is 1.40. The Morgan fingerprint density at radius 1 is 1.00 bits per heavy atom. The number of benzene rings is 1. The van der Waals surface area contributed by atoms with Crippen LogP contribution in [0.15, 0.2) is 41.8 Å². The van der Waals surface area contributed by atoms with Gasteiger partial charge < -0.3 is 5.32 Å². The van der Waals surface area contributed by atoms with Crippen molar-refractivity contribution in [3.05, 3.63) is 57.8 Å². The normalized spacial score (nSPS) is 20.9. The third-order valence-corrected chi connectivity index (χ3v) is 5.38. The van der Waals surface area contributed by atoms with Crippen LogP contribution in [0.3, 0.4) is 0 Å². The van der Waals surface area contributed by atoms with Crippen molar-refractivity contribution in [2.75, 3.05) is 0 Å². The number of thiophene rings is 1. The zero-order valence-corrected chi connectivity index (χ0v) is 14.1. The van der Waals surface area contributed by atoms with Gasteiger partial charge in [0.05, 0.1) is 10.4 Å². The third-order valence-electron chi connectivity index (χ3n) is 4.51. The molecule has 1 aromatic heterocycles. The topological polar surface area (TPSA) is 46.2 Å². The minimum absolute atomic E-state index is 0.0805. The molecule has 23 heavy (non-hydrogen) atoms. The maximum atomic E-state index is 12.6. The zero-order chi connectivity index (χ0) is 16.2. The first kappa shape index (κ1) is 15.9. The largest absolute Gasteiger partial charge is 0.349 e. The van der Waals surface area contributed by atoms with Crippen LogP contribution in [-0.2, 0) is 0 Å². The van der Waals surface area contributed by atoms with Crippen LogP contribution in [0.2, 0.25) is 0 Å². The van der Waals surface area contributed by atoms with Gasteiger partial charge in [-0.05, 0) is 49.1 Å². The summed E-state index contributed by atoms with van der Waals surface area (Å²) in [7, 11) is 0. The van der Waals surface area contributed by atoms with Gasteiger partial charge in [-0.15, -0.1) is 11.3 Å². The van der Waals surface area contributed by atoms with E-state index in [1.807, 2.05) is 17.5 Å². The smallest absolute Gasteiger partial charge is 0.252 e. The van der Waals surface area contributed by atoms with Crippen LogP contribution in [0.25, 0.3) is 0 Å². The first-order valence-corrected chi connectivity index (χ1v) is 9.01.